The molecule has 4 rings (SSSR count). The van der Waals surface area contributed by atoms with Gasteiger partial charge in [0.05, 0.1) is 10.6 Å². The lowest BCUT2D eigenvalue weighted by Crippen LogP contribution is -2.41. The molecule has 0 saturated carbocycles. The van der Waals surface area contributed by atoms with Gasteiger partial charge in [0.1, 0.15) is 0 Å². The first-order valence-corrected chi connectivity index (χ1v) is 9.43. The number of anilines is 1. The lowest BCUT2D eigenvalue weighted by Gasteiger charge is -2.37. The molecule has 2 aromatic rings. The number of benzene rings is 2. The number of hydrogen-bond donors (Lipinski definition) is 1. The normalized spacial score (nSPS) is 23.4. The van der Waals surface area contributed by atoms with E-state index < -0.39 is 10.0 Å². The van der Waals surface area contributed by atoms with E-state index in [-0.39, 0.29) is 6.04 Å². The van der Waals surface area contributed by atoms with Crippen molar-refractivity contribution >= 4 is 15.7 Å². The molecule has 0 radical (unpaired) electrons. The summed E-state index contributed by atoms with van der Waals surface area (Å²) in [6, 6.07) is 15.2. The number of hydrogen-bond acceptors (Lipinski definition) is 3. The second-order valence-corrected chi connectivity index (χ2v) is 8.25. The summed E-state index contributed by atoms with van der Waals surface area (Å²) < 4.78 is 27.9. The zero-order valence-corrected chi connectivity index (χ0v) is 13.9. The van der Waals surface area contributed by atoms with E-state index >= 15 is 0 Å². The third kappa shape index (κ3) is 2.35. The first kappa shape index (κ1) is 14.7. The Labute approximate surface area is 137 Å². The van der Waals surface area contributed by atoms with Crippen LogP contribution in [0.15, 0.2) is 53.4 Å². The molecule has 2 atom stereocenters. The molecule has 0 aliphatic carbocycles. The number of nitrogens with one attached hydrogen (secondary N) is 1. The zero-order chi connectivity index (χ0) is 16.0. The van der Waals surface area contributed by atoms with Gasteiger partial charge < -0.3 is 5.32 Å². The Morgan fingerprint density at radius 3 is 2.61 bits per heavy atom. The molecule has 1 N–H and O–H groups in total. The fraction of sp³-hybridized carbons (Fsp3) is 0.333. The first-order chi connectivity index (χ1) is 11.1. The summed E-state index contributed by atoms with van der Waals surface area (Å²) in [6.45, 7) is 3.45. The van der Waals surface area contributed by atoms with Gasteiger partial charge in [0.2, 0.25) is 0 Å². The number of sulfonamides is 1. The second-order valence-electron chi connectivity index (χ2n) is 6.39. The van der Waals surface area contributed by atoms with Crippen molar-refractivity contribution in [2.75, 3.05) is 17.4 Å². The van der Waals surface area contributed by atoms with Crippen molar-refractivity contribution in [2.24, 2.45) is 5.92 Å². The molecule has 1 fully saturated rings. The largest absolute Gasteiger partial charge is 0.310 e. The molecule has 0 spiro atoms. The number of aryl methyl sites for hydroxylation is 1. The predicted molar refractivity (Wildman–Crippen MR) is 91.0 cm³/mol. The smallest absolute Gasteiger partial charge is 0.264 e. The minimum Gasteiger partial charge on any atom is -0.310 e. The quantitative estimate of drug-likeness (QED) is 0.922. The van der Waals surface area contributed by atoms with Crippen LogP contribution in [0, 0.1) is 12.8 Å². The Hall–Kier alpha value is -1.85. The van der Waals surface area contributed by atoms with Crippen LogP contribution in [0.1, 0.15) is 23.6 Å². The molecule has 0 amide bonds. The molecule has 2 heterocycles. The molecule has 5 heteroatoms. The third-order valence-electron chi connectivity index (χ3n) is 4.90. The highest BCUT2D eigenvalue weighted by Gasteiger charge is 2.40. The van der Waals surface area contributed by atoms with E-state index in [0.717, 1.165) is 29.8 Å². The maximum Gasteiger partial charge on any atom is 0.264 e. The highest BCUT2D eigenvalue weighted by Crippen LogP contribution is 2.43. The lowest BCUT2D eigenvalue weighted by molar-refractivity contribution is 0.452. The molecular formula is C18H20N2O2S. The third-order valence-corrected chi connectivity index (χ3v) is 6.69. The highest BCUT2D eigenvalue weighted by atomic mass is 32.2. The molecule has 2 aromatic carbocycles. The molecule has 0 unspecified atom stereocenters. The maximum atomic E-state index is 13.2. The molecule has 2 aliphatic heterocycles. The minimum atomic E-state index is -3.53. The molecule has 0 bridgehead atoms. The van der Waals surface area contributed by atoms with Gasteiger partial charge in [-0.15, -0.1) is 0 Å². The summed E-state index contributed by atoms with van der Waals surface area (Å²) in [7, 11) is -3.53. The average Bonchev–Trinajstić information content (AvgIpc) is 3.03. The van der Waals surface area contributed by atoms with Gasteiger partial charge in [-0.1, -0.05) is 35.9 Å². The molecule has 4 nitrogen and oxygen atoms in total. The molecule has 120 valence electrons. The van der Waals surface area contributed by atoms with Crippen LogP contribution < -0.4 is 9.62 Å². The van der Waals surface area contributed by atoms with Crippen molar-refractivity contribution in [3.8, 4) is 0 Å². The van der Waals surface area contributed by atoms with Crippen molar-refractivity contribution in [3.63, 3.8) is 0 Å². The van der Waals surface area contributed by atoms with Gasteiger partial charge >= 0.3 is 0 Å². The van der Waals surface area contributed by atoms with Gasteiger partial charge in [0.25, 0.3) is 10.0 Å². The number of fused-ring (bicyclic) bond motifs is 3. The van der Waals surface area contributed by atoms with Crippen LogP contribution in [0.5, 0.6) is 0 Å². The van der Waals surface area contributed by atoms with Crippen LogP contribution in [0.4, 0.5) is 5.69 Å². The van der Waals surface area contributed by atoms with Gasteiger partial charge in [-0.3, -0.25) is 4.31 Å². The van der Waals surface area contributed by atoms with Crippen LogP contribution in [0.2, 0.25) is 0 Å². The zero-order valence-electron chi connectivity index (χ0n) is 13.1. The summed E-state index contributed by atoms with van der Waals surface area (Å²) in [5.74, 6) is 0.338. The van der Waals surface area contributed by atoms with Crippen molar-refractivity contribution in [1.82, 2.24) is 5.32 Å². The van der Waals surface area contributed by atoms with Crippen molar-refractivity contribution in [3.05, 3.63) is 59.7 Å². The van der Waals surface area contributed by atoms with Gasteiger partial charge in [-0.2, -0.15) is 0 Å². The van der Waals surface area contributed by atoms with E-state index in [1.54, 1.807) is 16.4 Å². The van der Waals surface area contributed by atoms with E-state index in [0.29, 0.717) is 17.4 Å². The van der Waals surface area contributed by atoms with Crippen molar-refractivity contribution in [1.29, 1.82) is 0 Å². The SMILES string of the molecule is Cc1ccc(S(=O)(=O)N2C[C@@H]3CCN[C@@H]3c3ccccc32)cc1. The summed E-state index contributed by atoms with van der Waals surface area (Å²) >= 11 is 0. The highest BCUT2D eigenvalue weighted by molar-refractivity contribution is 7.92. The monoisotopic (exact) mass is 328 g/mol. The standard InChI is InChI=1S/C18H20N2O2S/c1-13-6-8-15(9-7-13)23(21,22)20-12-14-10-11-19-18(14)16-4-2-3-5-17(16)20/h2-9,14,18-19H,10-12H2,1H3/t14-,18-/m0/s1. The van der Waals surface area contributed by atoms with E-state index in [1.807, 2.05) is 43.3 Å². The summed E-state index contributed by atoms with van der Waals surface area (Å²) in [6.07, 6.45) is 1.01. The maximum absolute atomic E-state index is 13.2. The van der Waals surface area contributed by atoms with Gasteiger partial charge in [0, 0.05) is 12.6 Å². The molecule has 23 heavy (non-hydrogen) atoms. The van der Waals surface area contributed by atoms with E-state index in [4.69, 9.17) is 0 Å². The Morgan fingerprint density at radius 1 is 1.09 bits per heavy atom. The Kier molecular flexibility index (Phi) is 3.43. The lowest BCUT2D eigenvalue weighted by atomic mass is 9.89. The van der Waals surface area contributed by atoms with Crippen LogP contribution in [0.3, 0.4) is 0 Å². The Balaban J connectivity index is 1.82. The first-order valence-electron chi connectivity index (χ1n) is 7.99. The summed E-state index contributed by atoms with van der Waals surface area (Å²) in [5, 5.41) is 3.51. The fourth-order valence-corrected chi connectivity index (χ4v) is 5.22. The van der Waals surface area contributed by atoms with E-state index in [2.05, 4.69) is 5.32 Å². The van der Waals surface area contributed by atoms with E-state index in [1.165, 1.54) is 0 Å². The van der Waals surface area contributed by atoms with Crippen LogP contribution >= 0.6 is 0 Å². The second kappa shape index (κ2) is 5.35. The van der Waals surface area contributed by atoms with Gasteiger partial charge in [-0.05, 0) is 49.6 Å². The average molecular weight is 328 g/mol. The summed E-state index contributed by atoms with van der Waals surface area (Å²) in [5.41, 5.74) is 2.96. The summed E-state index contributed by atoms with van der Waals surface area (Å²) in [4.78, 5) is 0.363. The number of nitrogens with zero attached hydrogens (tertiary/aromatic N) is 1. The Morgan fingerprint density at radius 2 is 1.83 bits per heavy atom. The molecule has 0 aromatic heterocycles. The fourth-order valence-electron chi connectivity index (χ4n) is 3.67. The van der Waals surface area contributed by atoms with Crippen molar-refractivity contribution in [2.45, 2.75) is 24.3 Å². The number of para-hydroxylation sites is 1. The Bertz CT molecular complexity index is 830. The van der Waals surface area contributed by atoms with Crippen LogP contribution in [-0.4, -0.2) is 21.5 Å². The minimum absolute atomic E-state index is 0.274. The molecule has 1 saturated heterocycles. The van der Waals surface area contributed by atoms with Crippen molar-refractivity contribution < 1.29 is 8.42 Å². The van der Waals surface area contributed by atoms with Crippen LogP contribution in [0.25, 0.3) is 0 Å². The number of rotatable bonds is 2. The molecular weight excluding hydrogens is 308 g/mol. The van der Waals surface area contributed by atoms with Crippen LogP contribution in [-0.2, 0) is 10.0 Å². The van der Waals surface area contributed by atoms with E-state index in [9.17, 15) is 8.42 Å². The molecule has 2 aliphatic rings. The van der Waals surface area contributed by atoms with Gasteiger partial charge in [-0.25, -0.2) is 8.42 Å². The van der Waals surface area contributed by atoms with Gasteiger partial charge in [0.15, 0.2) is 0 Å². The predicted octanol–water partition coefficient (Wildman–Crippen LogP) is 2.85. The topological polar surface area (TPSA) is 49.4 Å².